The highest BCUT2D eigenvalue weighted by Gasteiger charge is 2.20. The van der Waals surface area contributed by atoms with E-state index in [-0.39, 0.29) is 21.8 Å². The van der Waals surface area contributed by atoms with Crippen LogP contribution in [0.3, 0.4) is 0 Å². The Morgan fingerprint density at radius 2 is 1.70 bits per heavy atom. The molecule has 0 unspecified atom stereocenters. The summed E-state index contributed by atoms with van der Waals surface area (Å²) in [6.45, 7) is 0. The van der Waals surface area contributed by atoms with Crippen molar-refractivity contribution >= 4 is 51.3 Å². The van der Waals surface area contributed by atoms with Crippen molar-refractivity contribution in [1.29, 1.82) is 10.8 Å². The highest BCUT2D eigenvalue weighted by molar-refractivity contribution is 8.13. The molecule has 11 heteroatoms. The number of benzene rings is 2. The topological polar surface area (TPSA) is 143 Å². The van der Waals surface area contributed by atoms with Crippen LogP contribution in [0.5, 0.6) is 0 Å². The van der Waals surface area contributed by atoms with Crippen LogP contribution in [-0.4, -0.2) is 15.3 Å². The smallest absolute Gasteiger partial charge is 0.283 e. The van der Waals surface area contributed by atoms with Crippen LogP contribution in [0.1, 0.15) is 11.1 Å². The Bertz CT molecular complexity index is 894. The molecule has 2 rings (SSSR count). The van der Waals surface area contributed by atoms with E-state index in [2.05, 4.69) is 0 Å². The van der Waals surface area contributed by atoms with Crippen LogP contribution in [0, 0.1) is 26.8 Å². The van der Waals surface area contributed by atoms with Gasteiger partial charge in [-0.25, -0.2) is 4.39 Å². The van der Waals surface area contributed by atoms with Crippen LogP contribution in [-0.2, 0) is 11.5 Å². The molecule has 6 N–H and O–H groups in total. The maximum absolute atomic E-state index is 13.7. The van der Waals surface area contributed by atoms with E-state index >= 15 is 0 Å². The number of hydrogen-bond acceptors (Lipinski definition) is 7. The number of rotatable bonds is 7. The normalized spacial score (nSPS) is 10.6. The first kappa shape index (κ1) is 21.1. The molecule has 0 aliphatic rings. The van der Waals surface area contributed by atoms with Gasteiger partial charge in [0.15, 0.2) is 10.3 Å². The summed E-state index contributed by atoms with van der Waals surface area (Å²) in [5.74, 6) is 0.138. The molecule has 0 fully saturated rings. The van der Waals surface area contributed by atoms with Gasteiger partial charge in [0.1, 0.15) is 5.82 Å². The minimum absolute atomic E-state index is 0.0730. The number of nitrogens with zero attached hydrogens (tertiary/aromatic N) is 1. The van der Waals surface area contributed by atoms with E-state index < -0.39 is 10.7 Å². The molecule has 0 bridgehead atoms. The predicted octanol–water partition coefficient (Wildman–Crippen LogP) is 4.14. The summed E-state index contributed by atoms with van der Waals surface area (Å²) in [6.07, 6.45) is 0. The van der Waals surface area contributed by atoms with E-state index in [1.165, 1.54) is 18.2 Å². The molecule has 7 nitrogen and oxygen atoms in total. The molecule has 0 spiro atoms. The van der Waals surface area contributed by atoms with Crippen LogP contribution in [0.15, 0.2) is 46.2 Å². The third-order valence-corrected chi connectivity index (χ3v) is 6.10. The number of amidine groups is 2. The van der Waals surface area contributed by atoms with Crippen LogP contribution in [0.4, 0.5) is 10.1 Å². The third kappa shape index (κ3) is 6.15. The minimum atomic E-state index is -0.474. The molecule has 2 aromatic carbocycles. The zero-order valence-electron chi connectivity index (χ0n) is 13.9. The van der Waals surface area contributed by atoms with Gasteiger partial charge in [-0.1, -0.05) is 47.4 Å². The Hall–Kier alpha value is -2.24. The molecule has 0 saturated heterocycles. The van der Waals surface area contributed by atoms with Crippen LogP contribution >= 0.6 is 35.3 Å². The van der Waals surface area contributed by atoms with Gasteiger partial charge >= 0.3 is 0 Å². The van der Waals surface area contributed by atoms with Gasteiger partial charge in [-0.2, -0.15) is 0 Å². The first-order valence-corrected chi connectivity index (χ1v) is 10.2. The van der Waals surface area contributed by atoms with Crippen molar-refractivity contribution in [3.63, 3.8) is 0 Å². The summed E-state index contributed by atoms with van der Waals surface area (Å²) in [6, 6.07) is 8.88. The van der Waals surface area contributed by atoms with Crippen LogP contribution < -0.4 is 11.5 Å². The van der Waals surface area contributed by atoms with E-state index in [0.717, 1.165) is 35.3 Å². The minimum Gasteiger partial charge on any atom is -0.379 e. The van der Waals surface area contributed by atoms with Crippen molar-refractivity contribution in [2.75, 3.05) is 0 Å². The fourth-order valence-electron chi connectivity index (χ4n) is 2.13. The quantitative estimate of drug-likeness (QED) is 0.226. The van der Waals surface area contributed by atoms with E-state index in [9.17, 15) is 14.5 Å². The first-order valence-electron chi connectivity index (χ1n) is 7.44. The number of nitrogens with two attached hydrogens (primary N) is 2. The SMILES string of the molecule is N=C(N)SCc1cc(F)ccc1Sc1c(CSC(=N)N)cccc1[N+](=O)[O-]. The molecule has 0 aromatic heterocycles. The van der Waals surface area contributed by atoms with Crippen molar-refractivity contribution in [2.45, 2.75) is 21.3 Å². The van der Waals surface area contributed by atoms with Gasteiger partial charge in [-0.3, -0.25) is 20.9 Å². The summed E-state index contributed by atoms with van der Waals surface area (Å²) < 4.78 is 13.7. The summed E-state index contributed by atoms with van der Waals surface area (Å²) in [7, 11) is 0. The number of halogens is 1. The van der Waals surface area contributed by atoms with Gasteiger partial charge in [-0.15, -0.1) is 0 Å². The summed E-state index contributed by atoms with van der Waals surface area (Å²) in [5, 5.41) is 26.0. The summed E-state index contributed by atoms with van der Waals surface area (Å²) in [5.41, 5.74) is 11.9. The average molecular weight is 426 g/mol. The molecule has 0 atom stereocenters. The first-order chi connectivity index (χ1) is 12.8. The maximum atomic E-state index is 13.7. The number of nitro groups is 1. The lowest BCUT2D eigenvalue weighted by atomic mass is 10.2. The average Bonchev–Trinajstić information content (AvgIpc) is 2.60. The Kier molecular flexibility index (Phi) is 7.51. The molecule has 0 radical (unpaired) electrons. The van der Waals surface area contributed by atoms with Crippen LogP contribution in [0.25, 0.3) is 0 Å². The predicted molar refractivity (Wildman–Crippen MR) is 110 cm³/mol. The highest BCUT2D eigenvalue weighted by atomic mass is 32.2. The van der Waals surface area contributed by atoms with Gasteiger partial charge in [0.05, 0.1) is 9.82 Å². The van der Waals surface area contributed by atoms with E-state index in [4.69, 9.17) is 22.3 Å². The molecular weight excluding hydrogens is 409 g/mol. The van der Waals surface area contributed by atoms with Crippen molar-refractivity contribution in [3.05, 3.63) is 63.5 Å². The molecule has 0 aliphatic heterocycles. The van der Waals surface area contributed by atoms with Gasteiger partial charge in [-0.05, 0) is 29.3 Å². The Morgan fingerprint density at radius 3 is 2.30 bits per heavy atom. The van der Waals surface area contributed by atoms with E-state index in [1.54, 1.807) is 18.2 Å². The molecule has 142 valence electrons. The summed E-state index contributed by atoms with van der Waals surface area (Å²) >= 11 is 3.26. The second-order valence-electron chi connectivity index (χ2n) is 5.18. The lowest BCUT2D eigenvalue weighted by Gasteiger charge is -2.12. The van der Waals surface area contributed by atoms with Crippen molar-refractivity contribution in [3.8, 4) is 0 Å². The van der Waals surface area contributed by atoms with Gasteiger partial charge in [0.25, 0.3) is 5.69 Å². The Balaban J connectivity index is 2.44. The Labute approximate surface area is 167 Å². The van der Waals surface area contributed by atoms with Gasteiger partial charge in [0.2, 0.25) is 0 Å². The van der Waals surface area contributed by atoms with E-state index in [0.29, 0.717) is 26.7 Å². The lowest BCUT2D eigenvalue weighted by molar-refractivity contribution is -0.387. The fraction of sp³-hybridized carbons (Fsp3) is 0.125. The molecule has 0 saturated carbocycles. The molecule has 27 heavy (non-hydrogen) atoms. The number of nitro benzene ring substituents is 1. The number of nitrogens with one attached hydrogen (secondary N) is 2. The molecule has 0 heterocycles. The maximum Gasteiger partial charge on any atom is 0.283 e. The number of thioether (sulfide) groups is 2. The Morgan fingerprint density at radius 1 is 1.07 bits per heavy atom. The zero-order valence-corrected chi connectivity index (χ0v) is 16.3. The summed E-state index contributed by atoms with van der Waals surface area (Å²) in [4.78, 5) is 12.0. The molecule has 2 aromatic rings. The highest BCUT2D eigenvalue weighted by Crippen LogP contribution is 2.41. The van der Waals surface area contributed by atoms with Gasteiger partial charge < -0.3 is 11.5 Å². The second-order valence-corrected chi connectivity index (χ2v) is 8.27. The van der Waals surface area contributed by atoms with Crippen LogP contribution in [0.2, 0.25) is 0 Å². The van der Waals surface area contributed by atoms with Crippen molar-refractivity contribution in [2.24, 2.45) is 11.5 Å². The standard InChI is InChI=1S/C16H16FN5O2S3/c17-11-4-5-13(10(6-11)8-26-16(20)21)27-14-9(7-25-15(18)19)2-1-3-12(14)22(23)24/h1-6H,7-8H2,(H3,18,19)(H3,20,21). The largest absolute Gasteiger partial charge is 0.379 e. The monoisotopic (exact) mass is 425 g/mol. The number of hydrogen-bond donors (Lipinski definition) is 4. The van der Waals surface area contributed by atoms with Crippen molar-refractivity contribution in [1.82, 2.24) is 0 Å². The lowest BCUT2D eigenvalue weighted by Crippen LogP contribution is -2.05. The zero-order chi connectivity index (χ0) is 20.0. The molecular formula is C16H16FN5O2S3. The molecule has 0 aliphatic carbocycles. The second kappa shape index (κ2) is 9.62. The molecule has 0 amide bonds. The van der Waals surface area contributed by atoms with E-state index in [1.807, 2.05) is 0 Å². The third-order valence-electron chi connectivity index (χ3n) is 3.27. The van der Waals surface area contributed by atoms with Gasteiger partial charge in [0, 0.05) is 22.5 Å². The fourth-order valence-corrected chi connectivity index (χ4v) is 4.55. The van der Waals surface area contributed by atoms with Crippen molar-refractivity contribution < 1.29 is 9.31 Å².